The van der Waals surface area contributed by atoms with Crippen LogP contribution in [-0.2, 0) is 42.9 Å². The maximum atomic E-state index is 13.2. The molecule has 81 heavy (non-hydrogen) atoms. The summed E-state index contributed by atoms with van der Waals surface area (Å²) in [6.45, 7) is 5.84. The van der Waals surface area contributed by atoms with Gasteiger partial charge in [-0.25, -0.2) is 4.79 Å². The Balaban J connectivity index is 2.70. The van der Waals surface area contributed by atoms with Gasteiger partial charge in [0.2, 0.25) is 0 Å². The molecule has 12 nitrogen and oxygen atoms in total. The molecular weight excluding hydrogens is 1020 g/mol. The molecule has 0 amide bonds. The van der Waals surface area contributed by atoms with E-state index in [0.29, 0.717) is 25.7 Å². The van der Waals surface area contributed by atoms with Crippen LogP contribution in [0.1, 0.15) is 265 Å². The molecule has 12 heteroatoms. The number of carbonyl (C=O) groups excluding carboxylic acids is 3. The van der Waals surface area contributed by atoms with Gasteiger partial charge in [-0.2, -0.15) is 0 Å². The van der Waals surface area contributed by atoms with Crippen LogP contribution in [0, 0.1) is 0 Å². The fraction of sp³-hybridized carbons (Fsp3) is 0.710. The van der Waals surface area contributed by atoms with Gasteiger partial charge in [0.15, 0.2) is 24.6 Å². The van der Waals surface area contributed by atoms with Crippen LogP contribution < -0.4 is 0 Å². The number of esters is 3. The standard InChI is InChI=1S/C69H114O12/c1-4-7-10-13-16-19-22-25-28-30-31-33-35-37-40-43-46-49-52-55-61(70)77-58-60(79-62(71)56-53-50-47-44-41-38-34-27-24-21-18-15-12-9-6-3)59-78-69-67(65(74)64(73)66(81-69)68(75)76)80-63(72)57-54-51-48-45-42-39-36-32-29-26-23-20-17-14-11-8-5-2/h8,11,16-17,19-20,25-26,28-29,31,33,36,39,45,48,60,64-67,69,73-74H,4-7,9-10,12-15,18,21-24,27,30,32,34-35,37-38,40-44,46-47,49-59H2,1-3H3,(H,75,76)/b11-8-,19-16-,20-17-,28-25-,29-26-,33-31-,39-36-,48-45-. The number of aliphatic carboxylic acids is 1. The van der Waals surface area contributed by atoms with Crippen molar-refractivity contribution in [2.75, 3.05) is 13.2 Å². The number of hydrogen-bond donors (Lipinski definition) is 3. The first kappa shape index (κ1) is 74.7. The third kappa shape index (κ3) is 45.8. The molecule has 0 aromatic carbocycles. The Morgan fingerprint density at radius 3 is 1.25 bits per heavy atom. The van der Waals surface area contributed by atoms with Crippen molar-refractivity contribution in [3.05, 3.63) is 97.2 Å². The fourth-order valence-electron chi connectivity index (χ4n) is 9.23. The summed E-state index contributed by atoms with van der Waals surface area (Å²) in [5.41, 5.74) is 0. The third-order valence-electron chi connectivity index (χ3n) is 14.1. The van der Waals surface area contributed by atoms with E-state index in [1.807, 2.05) is 12.2 Å². The third-order valence-corrected chi connectivity index (χ3v) is 14.1. The lowest BCUT2D eigenvalue weighted by molar-refractivity contribution is -0.301. The van der Waals surface area contributed by atoms with Gasteiger partial charge in [-0.1, -0.05) is 246 Å². The van der Waals surface area contributed by atoms with Crippen LogP contribution in [0.4, 0.5) is 0 Å². The van der Waals surface area contributed by atoms with E-state index in [9.17, 15) is 34.5 Å². The number of rotatable bonds is 54. The average molecular weight is 1140 g/mol. The number of unbranched alkanes of at least 4 members (excludes halogenated alkanes) is 24. The van der Waals surface area contributed by atoms with E-state index < -0.39 is 67.3 Å². The monoisotopic (exact) mass is 1130 g/mol. The van der Waals surface area contributed by atoms with Gasteiger partial charge in [-0.05, 0) is 96.3 Å². The Morgan fingerprint density at radius 1 is 0.420 bits per heavy atom. The minimum Gasteiger partial charge on any atom is -0.479 e. The lowest BCUT2D eigenvalue weighted by Crippen LogP contribution is -2.61. The lowest BCUT2D eigenvalue weighted by atomic mass is 9.98. The zero-order chi connectivity index (χ0) is 58.9. The van der Waals surface area contributed by atoms with E-state index >= 15 is 0 Å². The average Bonchev–Trinajstić information content (AvgIpc) is 3.53. The van der Waals surface area contributed by atoms with E-state index in [-0.39, 0.29) is 25.9 Å². The van der Waals surface area contributed by atoms with Crippen molar-refractivity contribution in [2.24, 2.45) is 0 Å². The highest BCUT2D eigenvalue weighted by Crippen LogP contribution is 2.26. The van der Waals surface area contributed by atoms with Gasteiger partial charge in [0.05, 0.1) is 6.61 Å². The molecular formula is C69H114O12. The van der Waals surface area contributed by atoms with Crippen LogP contribution in [0.15, 0.2) is 97.2 Å². The number of carboxylic acids is 1. The number of hydrogen-bond acceptors (Lipinski definition) is 11. The van der Waals surface area contributed by atoms with Crippen molar-refractivity contribution in [1.29, 1.82) is 0 Å². The molecule has 0 aliphatic carbocycles. The highest BCUT2D eigenvalue weighted by Gasteiger charge is 2.50. The van der Waals surface area contributed by atoms with E-state index in [1.54, 1.807) is 0 Å². The van der Waals surface area contributed by atoms with E-state index in [0.717, 1.165) is 103 Å². The lowest BCUT2D eigenvalue weighted by Gasteiger charge is -2.40. The van der Waals surface area contributed by atoms with Gasteiger partial charge in [0.25, 0.3) is 0 Å². The summed E-state index contributed by atoms with van der Waals surface area (Å²) in [7, 11) is 0. The van der Waals surface area contributed by atoms with Gasteiger partial charge in [-0.3, -0.25) is 14.4 Å². The van der Waals surface area contributed by atoms with Crippen molar-refractivity contribution in [3.63, 3.8) is 0 Å². The number of allylic oxidation sites excluding steroid dienone is 16. The quantitative estimate of drug-likeness (QED) is 0.0228. The summed E-state index contributed by atoms with van der Waals surface area (Å²) in [4.78, 5) is 51.3. The molecule has 3 N–H and O–H groups in total. The van der Waals surface area contributed by atoms with Gasteiger partial charge < -0.3 is 39.0 Å². The predicted octanol–water partition coefficient (Wildman–Crippen LogP) is 17.2. The number of ether oxygens (including phenoxy) is 5. The van der Waals surface area contributed by atoms with Gasteiger partial charge in [-0.15, -0.1) is 0 Å². The molecule has 1 saturated heterocycles. The normalized spacial score (nSPS) is 18.4. The molecule has 6 unspecified atom stereocenters. The first-order valence-corrected chi connectivity index (χ1v) is 32.2. The van der Waals surface area contributed by atoms with Crippen LogP contribution in [0.2, 0.25) is 0 Å². The SMILES string of the molecule is CC/C=C\C/C=C\C/C=C\C/C=C\C/C=C\CCCC(=O)OC1C(OCC(COC(=O)CCCCCCCC/C=C\C/C=C\C/C=C\CCCCC)OC(=O)CCCCCCCCCCCCCCCCC)OC(C(=O)O)C(O)C1O. The molecule has 0 aromatic heterocycles. The van der Waals surface area contributed by atoms with Crippen LogP contribution in [-0.4, -0.2) is 89.2 Å². The molecule has 0 aromatic rings. The Morgan fingerprint density at radius 2 is 0.790 bits per heavy atom. The topological polar surface area (TPSA) is 175 Å². The Bertz CT molecular complexity index is 1780. The van der Waals surface area contributed by atoms with E-state index in [2.05, 4.69) is 106 Å². The Hall–Kier alpha value is -4.36. The molecule has 0 bridgehead atoms. The smallest absolute Gasteiger partial charge is 0.335 e. The minimum absolute atomic E-state index is 0.0218. The largest absolute Gasteiger partial charge is 0.479 e. The second-order valence-electron chi connectivity index (χ2n) is 21.7. The maximum Gasteiger partial charge on any atom is 0.335 e. The molecule has 1 fully saturated rings. The summed E-state index contributed by atoms with van der Waals surface area (Å²) < 4.78 is 28.5. The zero-order valence-corrected chi connectivity index (χ0v) is 51.0. The van der Waals surface area contributed by atoms with Gasteiger partial charge in [0, 0.05) is 19.3 Å². The van der Waals surface area contributed by atoms with Crippen LogP contribution in [0.25, 0.3) is 0 Å². The van der Waals surface area contributed by atoms with Crippen molar-refractivity contribution < 1.29 is 58.2 Å². The van der Waals surface area contributed by atoms with Crippen molar-refractivity contribution in [1.82, 2.24) is 0 Å². The van der Waals surface area contributed by atoms with Gasteiger partial charge in [0.1, 0.15) is 18.8 Å². The van der Waals surface area contributed by atoms with E-state index in [4.69, 9.17) is 23.7 Å². The molecule has 6 atom stereocenters. The minimum atomic E-state index is -1.93. The first-order chi connectivity index (χ1) is 39.6. The Kier molecular flexibility index (Phi) is 51.7. The predicted molar refractivity (Wildman–Crippen MR) is 331 cm³/mol. The van der Waals surface area contributed by atoms with Crippen molar-refractivity contribution in [3.8, 4) is 0 Å². The van der Waals surface area contributed by atoms with Crippen LogP contribution in [0.5, 0.6) is 0 Å². The summed E-state index contributed by atoms with van der Waals surface area (Å²) in [6, 6.07) is 0. The number of aliphatic hydroxyl groups excluding tert-OH is 2. The van der Waals surface area contributed by atoms with E-state index in [1.165, 1.54) is 96.3 Å². The second-order valence-corrected chi connectivity index (χ2v) is 21.7. The highest BCUT2D eigenvalue weighted by molar-refractivity contribution is 5.74. The first-order valence-electron chi connectivity index (χ1n) is 32.2. The second kappa shape index (κ2) is 56.1. The summed E-state index contributed by atoms with van der Waals surface area (Å²) in [5.74, 6) is -3.21. The number of carbonyl (C=O) groups is 4. The van der Waals surface area contributed by atoms with Crippen molar-refractivity contribution in [2.45, 2.75) is 302 Å². The molecule has 1 heterocycles. The Labute approximate surface area is 492 Å². The maximum absolute atomic E-state index is 13.2. The zero-order valence-electron chi connectivity index (χ0n) is 51.0. The summed E-state index contributed by atoms with van der Waals surface area (Å²) in [6.07, 6.45) is 62.2. The molecule has 462 valence electrons. The summed E-state index contributed by atoms with van der Waals surface area (Å²) in [5, 5.41) is 31.6. The van der Waals surface area contributed by atoms with Crippen molar-refractivity contribution >= 4 is 23.9 Å². The van der Waals surface area contributed by atoms with Crippen LogP contribution in [0.3, 0.4) is 0 Å². The highest BCUT2D eigenvalue weighted by atomic mass is 16.7. The van der Waals surface area contributed by atoms with Gasteiger partial charge >= 0.3 is 23.9 Å². The molecule has 1 aliphatic heterocycles. The fourth-order valence-corrected chi connectivity index (χ4v) is 9.23. The molecule has 0 spiro atoms. The molecule has 1 rings (SSSR count). The molecule has 1 aliphatic rings. The molecule has 0 saturated carbocycles. The number of carboxylic acid groups (broad SMARTS) is 1. The summed E-state index contributed by atoms with van der Waals surface area (Å²) >= 11 is 0. The molecule has 0 radical (unpaired) electrons. The van der Waals surface area contributed by atoms with Crippen LogP contribution >= 0.6 is 0 Å². The number of aliphatic hydroxyl groups is 2.